The van der Waals surface area contributed by atoms with Crippen LogP contribution in [0.1, 0.15) is 24.0 Å². The number of nitriles is 1. The van der Waals surface area contributed by atoms with Crippen LogP contribution in [-0.4, -0.2) is 38.2 Å². The zero-order valence-electron chi connectivity index (χ0n) is 13.1. The smallest absolute Gasteiger partial charge is 0.210 e. The van der Waals surface area contributed by atoms with Gasteiger partial charge in [0.15, 0.2) is 0 Å². The predicted molar refractivity (Wildman–Crippen MR) is 86.9 cm³/mol. The van der Waals surface area contributed by atoms with Crippen LogP contribution in [0.25, 0.3) is 0 Å². The Morgan fingerprint density at radius 3 is 2.96 bits per heavy atom. The van der Waals surface area contributed by atoms with Crippen LogP contribution in [0.2, 0.25) is 0 Å². The Morgan fingerprint density at radius 1 is 1.43 bits per heavy atom. The van der Waals surface area contributed by atoms with Crippen LogP contribution in [0.5, 0.6) is 0 Å². The number of hydrogen-bond donors (Lipinski definition) is 0. The van der Waals surface area contributed by atoms with E-state index in [0.29, 0.717) is 18.1 Å². The molecule has 2 aromatic rings. The molecule has 3 rings (SSSR count). The highest BCUT2D eigenvalue weighted by molar-refractivity contribution is 8.00. The van der Waals surface area contributed by atoms with Gasteiger partial charge in [-0.05, 0) is 42.2 Å². The van der Waals surface area contributed by atoms with Crippen molar-refractivity contribution in [1.29, 1.82) is 5.26 Å². The van der Waals surface area contributed by atoms with Crippen molar-refractivity contribution in [2.24, 2.45) is 0 Å². The minimum atomic E-state index is -0.216. The van der Waals surface area contributed by atoms with Gasteiger partial charge in [0, 0.05) is 6.61 Å². The van der Waals surface area contributed by atoms with Gasteiger partial charge in [-0.15, -0.1) is 5.10 Å². The van der Waals surface area contributed by atoms with E-state index in [2.05, 4.69) is 52.8 Å². The number of aryl methyl sites for hydroxylation is 1. The molecule has 1 fully saturated rings. The monoisotopic (exact) mass is 329 g/mol. The molecule has 1 saturated heterocycles. The zero-order valence-corrected chi connectivity index (χ0v) is 13.9. The van der Waals surface area contributed by atoms with Crippen LogP contribution < -0.4 is 0 Å². The van der Waals surface area contributed by atoms with Crippen LogP contribution >= 0.6 is 11.8 Å². The average molecular weight is 329 g/mol. The Kier molecular flexibility index (Phi) is 5.26. The first-order chi connectivity index (χ1) is 11.2. The number of nitrogens with zero attached hydrogens (tertiary/aromatic N) is 5. The lowest BCUT2D eigenvalue weighted by Gasteiger charge is -2.12. The quantitative estimate of drug-likeness (QED) is 0.757. The molecule has 7 heteroatoms. The molecule has 0 saturated carbocycles. The first-order valence-electron chi connectivity index (χ1n) is 7.74. The van der Waals surface area contributed by atoms with Crippen molar-refractivity contribution in [2.45, 2.75) is 49.2 Å². The number of thioether (sulfide) groups is 1. The fourth-order valence-corrected chi connectivity index (χ4v) is 3.46. The van der Waals surface area contributed by atoms with Crippen molar-refractivity contribution >= 4 is 11.8 Å². The SMILES string of the molecule is Cc1ccc(CC(C#N)Sc2nnnn2CC2CCCO2)cc1. The number of hydrogen-bond acceptors (Lipinski definition) is 6. The van der Waals surface area contributed by atoms with E-state index in [4.69, 9.17) is 4.74 Å². The average Bonchev–Trinajstić information content (AvgIpc) is 3.22. The molecule has 1 aromatic carbocycles. The highest BCUT2D eigenvalue weighted by atomic mass is 32.2. The Hall–Kier alpha value is -1.91. The minimum Gasteiger partial charge on any atom is -0.376 e. The molecule has 0 aliphatic carbocycles. The summed E-state index contributed by atoms with van der Waals surface area (Å²) < 4.78 is 7.38. The maximum Gasteiger partial charge on any atom is 0.210 e. The standard InChI is InChI=1S/C16H19N5OS/c1-12-4-6-13(7-5-12)9-15(10-17)23-16-18-19-20-21(16)11-14-3-2-8-22-14/h4-7,14-15H,2-3,8-9,11H2,1H3. The predicted octanol–water partition coefficient (Wildman–Crippen LogP) is 2.39. The third-order valence-electron chi connectivity index (χ3n) is 3.83. The summed E-state index contributed by atoms with van der Waals surface area (Å²) in [6.07, 6.45) is 2.97. The third-order valence-corrected chi connectivity index (χ3v) is 4.89. The molecule has 0 amide bonds. The Balaban J connectivity index is 1.63. The molecule has 1 aliphatic heterocycles. The van der Waals surface area contributed by atoms with Gasteiger partial charge in [-0.2, -0.15) is 5.26 Å². The molecular weight excluding hydrogens is 310 g/mol. The Morgan fingerprint density at radius 2 is 2.26 bits per heavy atom. The molecule has 0 bridgehead atoms. The normalized spacial score (nSPS) is 18.7. The first-order valence-corrected chi connectivity index (χ1v) is 8.62. The molecule has 1 aliphatic rings. The fourth-order valence-electron chi connectivity index (χ4n) is 2.56. The molecule has 0 N–H and O–H groups in total. The zero-order chi connectivity index (χ0) is 16.1. The lowest BCUT2D eigenvalue weighted by Crippen LogP contribution is -2.17. The van der Waals surface area contributed by atoms with E-state index in [1.165, 1.54) is 17.3 Å². The van der Waals surface area contributed by atoms with E-state index in [-0.39, 0.29) is 11.4 Å². The number of aromatic nitrogens is 4. The van der Waals surface area contributed by atoms with Crippen LogP contribution in [0.15, 0.2) is 29.4 Å². The van der Waals surface area contributed by atoms with Gasteiger partial charge in [0.25, 0.3) is 0 Å². The number of ether oxygens (including phenoxy) is 1. The molecule has 0 radical (unpaired) electrons. The van der Waals surface area contributed by atoms with E-state index < -0.39 is 0 Å². The topological polar surface area (TPSA) is 76.6 Å². The molecule has 120 valence electrons. The Bertz CT molecular complexity index is 673. The second-order valence-corrected chi connectivity index (χ2v) is 6.87. The second-order valence-electron chi connectivity index (χ2n) is 5.70. The summed E-state index contributed by atoms with van der Waals surface area (Å²) in [4.78, 5) is 0. The van der Waals surface area contributed by atoms with E-state index in [9.17, 15) is 5.26 Å². The van der Waals surface area contributed by atoms with Crippen molar-refractivity contribution in [3.05, 3.63) is 35.4 Å². The summed E-state index contributed by atoms with van der Waals surface area (Å²) in [5.74, 6) is 0. The number of benzene rings is 1. The largest absolute Gasteiger partial charge is 0.376 e. The molecule has 2 atom stereocenters. The van der Waals surface area contributed by atoms with Gasteiger partial charge in [-0.25, -0.2) is 4.68 Å². The maximum atomic E-state index is 9.44. The van der Waals surface area contributed by atoms with Crippen LogP contribution in [-0.2, 0) is 17.7 Å². The third kappa shape index (κ3) is 4.30. The van der Waals surface area contributed by atoms with Gasteiger partial charge in [0.2, 0.25) is 5.16 Å². The van der Waals surface area contributed by atoms with E-state index in [1.807, 2.05) is 0 Å². The van der Waals surface area contributed by atoms with Crippen molar-refractivity contribution in [3.8, 4) is 6.07 Å². The summed E-state index contributed by atoms with van der Waals surface area (Å²) in [6.45, 7) is 3.51. The van der Waals surface area contributed by atoms with Gasteiger partial charge in [-0.1, -0.05) is 41.6 Å². The summed E-state index contributed by atoms with van der Waals surface area (Å²) in [7, 11) is 0. The van der Waals surface area contributed by atoms with Gasteiger partial charge in [-0.3, -0.25) is 0 Å². The number of tetrazole rings is 1. The van der Waals surface area contributed by atoms with Gasteiger partial charge in [0.05, 0.1) is 18.7 Å². The number of rotatable bonds is 6. The van der Waals surface area contributed by atoms with Gasteiger partial charge >= 0.3 is 0 Å². The summed E-state index contributed by atoms with van der Waals surface area (Å²) >= 11 is 1.41. The summed E-state index contributed by atoms with van der Waals surface area (Å²) in [5, 5.41) is 21.7. The molecule has 0 spiro atoms. The molecule has 2 heterocycles. The highest BCUT2D eigenvalue weighted by Crippen LogP contribution is 2.24. The highest BCUT2D eigenvalue weighted by Gasteiger charge is 2.21. The Labute approximate surface area is 139 Å². The molecule has 2 unspecified atom stereocenters. The lowest BCUT2D eigenvalue weighted by atomic mass is 10.1. The summed E-state index contributed by atoms with van der Waals surface area (Å²) in [6, 6.07) is 10.6. The van der Waals surface area contributed by atoms with E-state index in [1.54, 1.807) is 4.68 Å². The molecule has 1 aromatic heterocycles. The van der Waals surface area contributed by atoms with E-state index in [0.717, 1.165) is 25.0 Å². The van der Waals surface area contributed by atoms with Crippen molar-refractivity contribution in [1.82, 2.24) is 20.2 Å². The van der Waals surface area contributed by atoms with Gasteiger partial charge in [0.1, 0.15) is 5.25 Å². The molecule has 6 nitrogen and oxygen atoms in total. The van der Waals surface area contributed by atoms with Crippen LogP contribution in [0, 0.1) is 18.3 Å². The van der Waals surface area contributed by atoms with E-state index >= 15 is 0 Å². The lowest BCUT2D eigenvalue weighted by molar-refractivity contribution is 0.0912. The van der Waals surface area contributed by atoms with Crippen LogP contribution in [0.4, 0.5) is 0 Å². The van der Waals surface area contributed by atoms with Gasteiger partial charge < -0.3 is 4.74 Å². The van der Waals surface area contributed by atoms with Crippen molar-refractivity contribution in [2.75, 3.05) is 6.61 Å². The van der Waals surface area contributed by atoms with Crippen LogP contribution in [0.3, 0.4) is 0 Å². The maximum absolute atomic E-state index is 9.44. The second kappa shape index (κ2) is 7.57. The fraction of sp³-hybridized carbons (Fsp3) is 0.500. The molecular formula is C16H19N5OS. The summed E-state index contributed by atoms with van der Waals surface area (Å²) in [5.41, 5.74) is 2.36. The first kappa shape index (κ1) is 16.0. The minimum absolute atomic E-state index is 0.176. The molecule has 23 heavy (non-hydrogen) atoms. The van der Waals surface area contributed by atoms with Crippen molar-refractivity contribution in [3.63, 3.8) is 0 Å². The van der Waals surface area contributed by atoms with Crippen molar-refractivity contribution < 1.29 is 4.74 Å².